The lowest BCUT2D eigenvalue weighted by atomic mass is 10.1. The van der Waals surface area contributed by atoms with E-state index in [9.17, 15) is 9.90 Å². The fourth-order valence-corrected chi connectivity index (χ4v) is 2.21. The predicted molar refractivity (Wildman–Crippen MR) is 71.0 cm³/mol. The first-order chi connectivity index (χ1) is 8.58. The summed E-state index contributed by atoms with van der Waals surface area (Å²) in [5.41, 5.74) is 2.55. The number of hydrogen-bond donors (Lipinski definition) is 1. The Kier molecular flexibility index (Phi) is 3.51. The zero-order valence-corrected chi connectivity index (χ0v) is 10.6. The molecule has 94 valence electrons. The van der Waals surface area contributed by atoms with Crippen molar-refractivity contribution in [2.45, 2.75) is 26.3 Å². The van der Waals surface area contributed by atoms with Crippen molar-refractivity contribution in [2.24, 2.45) is 0 Å². The molecule has 0 saturated heterocycles. The molecule has 1 atom stereocenters. The Hall–Kier alpha value is -2.03. The molecule has 0 aliphatic carbocycles. The monoisotopic (exact) mass is 243 g/mol. The van der Waals surface area contributed by atoms with Gasteiger partial charge in [0.05, 0.1) is 0 Å². The van der Waals surface area contributed by atoms with Crippen molar-refractivity contribution in [1.29, 1.82) is 0 Å². The SMILES string of the molecule is Cc1cc(C(=O)O)n(C(C)Cc2ccccc2)c1. The van der Waals surface area contributed by atoms with Crippen LogP contribution in [-0.4, -0.2) is 15.6 Å². The maximum Gasteiger partial charge on any atom is 0.352 e. The maximum absolute atomic E-state index is 11.2. The molecule has 0 saturated carbocycles. The van der Waals surface area contributed by atoms with Crippen LogP contribution < -0.4 is 0 Å². The van der Waals surface area contributed by atoms with Gasteiger partial charge in [-0.1, -0.05) is 30.3 Å². The topological polar surface area (TPSA) is 42.2 Å². The van der Waals surface area contributed by atoms with Crippen molar-refractivity contribution in [2.75, 3.05) is 0 Å². The lowest BCUT2D eigenvalue weighted by Gasteiger charge is -2.16. The van der Waals surface area contributed by atoms with E-state index in [1.165, 1.54) is 5.56 Å². The van der Waals surface area contributed by atoms with Gasteiger partial charge in [-0.25, -0.2) is 4.79 Å². The summed E-state index contributed by atoms with van der Waals surface area (Å²) < 4.78 is 1.84. The fourth-order valence-electron chi connectivity index (χ4n) is 2.21. The highest BCUT2D eigenvalue weighted by molar-refractivity contribution is 5.86. The van der Waals surface area contributed by atoms with Crippen LogP contribution in [0.5, 0.6) is 0 Å². The molecular formula is C15H17NO2. The number of aromatic nitrogens is 1. The molecule has 2 aromatic rings. The van der Waals surface area contributed by atoms with Crippen LogP contribution in [0.15, 0.2) is 42.6 Å². The summed E-state index contributed by atoms with van der Waals surface area (Å²) in [6.45, 7) is 3.96. The Morgan fingerprint density at radius 2 is 2.00 bits per heavy atom. The number of nitrogens with zero attached hydrogens (tertiary/aromatic N) is 1. The predicted octanol–water partition coefficient (Wildman–Crippen LogP) is 3.30. The first kappa shape index (κ1) is 12.4. The largest absolute Gasteiger partial charge is 0.477 e. The highest BCUT2D eigenvalue weighted by Gasteiger charge is 2.15. The van der Waals surface area contributed by atoms with Crippen molar-refractivity contribution < 1.29 is 9.90 Å². The Bertz CT molecular complexity index is 543. The molecule has 1 heterocycles. The van der Waals surface area contributed by atoms with Crippen molar-refractivity contribution in [3.63, 3.8) is 0 Å². The lowest BCUT2D eigenvalue weighted by Crippen LogP contribution is -2.13. The minimum absolute atomic E-state index is 0.132. The van der Waals surface area contributed by atoms with E-state index in [0.29, 0.717) is 5.69 Å². The van der Waals surface area contributed by atoms with Crippen LogP contribution in [0.3, 0.4) is 0 Å². The van der Waals surface area contributed by atoms with Gasteiger partial charge in [-0.05, 0) is 37.5 Å². The van der Waals surface area contributed by atoms with Crippen LogP contribution in [0.2, 0.25) is 0 Å². The minimum atomic E-state index is -0.872. The number of carboxylic acid groups (broad SMARTS) is 1. The summed E-state index contributed by atoms with van der Waals surface area (Å²) in [4.78, 5) is 11.2. The second-order valence-electron chi connectivity index (χ2n) is 4.65. The third-order valence-corrected chi connectivity index (χ3v) is 3.05. The molecule has 1 N–H and O–H groups in total. The normalized spacial score (nSPS) is 12.3. The average Bonchev–Trinajstić information content (AvgIpc) is 2.73. The van der Waals surface area contributed by atoms with Crippen LogP contribution in [0.1, 0.15) is 34.6 Å². The number of aromatic carboxylic acids is 1. The first-order valence-electron chi connectivity index (χ1n) is 6.03. The van der Waals surface area contributed by atoms with Crippen molar-refractivity contribution in [1.82, 2.24) is 4.57 Å². The quantitative estimate of drug-likeness (QED) is 0.895. The van der Waals surface area contributed by atoms with E-state index in [-0.39, 0.29) is 6.04 Å². The third-order valence-electron chi connectivity index (χ3n) is 3.05. The molecule has 3 nitrogen and oxygen atoms in total. The molecule has 0 aliphatic heterocycles. The number of rotatable bonds is 4. The minimum Gasteiger partial charge on any atom is -0.477 e. The van der Waals surface area contributed by atoms with E-state index in [0.717, 1.165) is 12.0 Å². The summed E-state index contributed by atoms with van der Waals surface area (Å²) in [5, 5.41) is 9.17. The van der Waals surface area contributed by atoms with Gasteiger partial charge in [-0.15, -0.1) is 0 Å². The van der Waals surface area contributed by atoms with E-state index in [1.54, 1.807) is 6.07 Å². The molecule has 1 aromatic carbocycles. The first-order valence-corrected chi connectivity index (χ1v) is 6.03. The summed E-state index contributed by atoms with van der Waals surface area (Å²) in [5.74, 6) is -0.872. The molecule has 18 heavy (non-hydrogen) atoms. The average molecular weight is 243 g/mol. The zero-order chi connectivity index (χ0) is 13.1. The summed E-state index contributed by atoms with van der Waals surface area (Å²) in [7, 11) is 0. The molecule has 0 bridgehead atoms. The van der Waals surface area contributed by atoms with Gasteiger partial charge >= 0.3 is 5.97 Å². The van der Waals surface area contributed by atoms with Gasteiger partial charge in [0.2, 0.25) is 0 Å². The molecule has 2 rings (SSSR count). The number of aryl methyl sites for hydroxylation is 1. The summed E-state index contributed by atoms with van der Waals surface area (Å²) in [6, 6.07) is 12.0. The van der Waals surface area contributed by atoms with Crippen LogP contribution in [-0.2, 0) is 6.42 Å². The number of carbonyl (C=O) groups is 1. The lowest BCUT2D eigenvalue weighted by molar-refractivity contribution is 0.0683. The van der Waals surface area contributed by atoms with Crippen molar-refractivity contribution >= 4 is 5.97 Å². The number of carboxylic acids is 1. The van der Waals surface area contributed by atoms with E-state index in [1.807, 2.05) is 42.8 Å². The second-order valence-corrected chi connectivity index (χ2v) is 4.65. The standard InChI is InChI=1S/C15H17NO2/c1-11-8-14(15(17)18)16(10-11)12(2)9-13-6-4-3-5-7-13/h3-8,10,12H,9H2,1-2H3,(H,17,18). The van der Waals surface area contributed by atoms with Crippen LogP contribution in [0.25, 0.3) is 0 Å². The molecule has 0 aliphatic rings. The van der Waals surface area contributed by atoms with Gasteiger partial charge in [-0.2, -0.15) is 0 Å². The molecule has 1 aromatic heterocycles. The molecule has 3 heteroatoms. The molecule has 0 radical (unpaired) electrons. The smallest absolute Gasteiger partial charge is 0.352 e. The van der Waals surface area contributed by atoms with Crippen LogP contribution in [0.4, 0.5) is 0 Å². The van der Waals surface area contributed by atoms with E-state index >= 15 is 0 Å². The van der Waals surface area contributed by atoms with Crippen LogP contribution in [0, 0.1) is 6.92 Å². The fraction of sp³-hybridized carbons (Fsp3) is 0.267. The van der Waals surface area contributed by atoms with Crippen molar-refractivity contribution in [3.8, 4) is 0 Å². The van der Waals surface area contributed by atoms with Gasteiger partial charge in [-0.3, -0.25) is 0 Å². The van der Waals surface area contributed by atoms with E-state index in [2.05, 4.69) is 12.1 Å². The Labute approximate surface area is 107 Å². The van der Waals surface area contributed by atoms with Gasteiger partial charge < -0.3 is 9.67 Å². The van der Waals surface area contributed by atoms with Gasteiger partial charge in [0, 0.05) is 12.2 Å². The Morgan fingerprint density at radius 1 is 1.33 bits per heavy atom. The molecular weight excluding hydrogens is 226 g/mol. The number of hydrogen-bond acceptors (Lipinski definition) is 1. The van der Waals surface area contributed by atoms with E-state index in [4.69, 9.17) is 0 Å². The molecule has 0 spiro atoms. The molecule has 0 amide bonds. The van der Waals surface area contributed by atoms with Gasteiger partial charge in [0.15, 0.2) is 0 Å². The van der Waals surface area contributed by atoms with E-state index < -0.39 is 5.97 Å². The summed E-state index contributed by atoms with van der Waals surface area (Å²) >= 11 is 0. The van der Waals surface area contributed by atoms with Crippen molar-refractivity contribution in [3.05, 3.63) is 59.4 Å². The van der Waals surface area contributed by atoms with Crippen LogP contribution >= 0.6 is 0 Å². The Balaban J connectivity index is 2.23. The maximum atomic E-state index is 11.2. The van der Waals surface area contributed by atoms with Gasteiger partial charge in [0.1, 0.15) is 5.69 Å². The third kappa shape index (κ3) is 2.62. The highest BCUT2D eigenvalue weighted by Crippen LogP contribution is 2.19. The Morgan fingerprint density at radius 3 is 2.61 bits per heavy atom. The summed E-state index contributed by atoms with van der Waals surface area (Å²) in [6.07, 6.45) is 2.73. The van der Waals surface area contributed by atoms with Gasteiger partial charge in [0.25, 0.3) is 0 Å². The number of benzene rings is 1. The molecule has 1 unspecified atom stereocenters. The highest BCUT2D eigenvalue weighted by atomic mass is 16.4. The zero-order valence-electron chi connectivity index (χ0n) is 10.6. The molecule has 0 fully saturated rings. The second kappa shape index (κ2) is 5.08.